The maximum atomic E-state index is 14.6. The summed E-state index contributed by atoms with van der Waals surface area (Å²) in [5.74, 6) is -4.04. The van der Waals surface area contributed by atoms with E-state index in [0.29, 0.717) is 50.4 Å². The molecule has 1 saturated heterocycles. The van der Waals surface area contributed by atoms with E-state index in [2.05, 4.69) is 15.6 Å². The van der Waals surface area contributed by atoms with Crippen LogP contribution in [0.5, 0.6) is 0 Å². The summed E-state index contributed by atoms with van der Waals surface area (Å²) in [5, 5.41) is 27.0. The molecule has 0 spiro atoms. The third-order valence-electron chi connectivity index (χ3n) is 6.41. The van der Waals surface area contributed by atoms with E-state index < -0.39 is 30.1 Å². The van der Waals surface area contributed by atoms with Crippen LogP contribution in [-0.2, 0) is 20.7 Å². The number of ether oxygens (including phenoxy) is 1. The zero-order valence-electron chi connectivity index (χ0n) is 23.9. The molecule has 3 N–H and O–H groups in total. The Bertz CT molecular complexity index is 1190. The van der Waals surface area contributed by atoms with Gasteiger partial charge in [0.25, 0.3) is 5.91 Å². The van der Waals surface area contributed by atoms with Crippen LogP contribution < -0.4 is 5.32 Å². The molecule has 0 aliphatic carbocycles. The van der Waals surface area contributed by atoms with Crippen molar-refractivity contribution >= 4 is 17.8 Å². The van der Waals surface area contributed by atoms with Crippen molar-refractivity contribution in [2.24, 2.45) is 11.8 Å². The van der Waals surface area contributed by atoms with Crippen LogP contribution in [-0.4, -0.2) is 93.8 Å². The van der Waals surface area contributed by atoms with Crippen molar-refractivity contribution in [3.05, 3.63) is 53.6 Å². The average Bonchev–Trinajstić information content (AvgIpc) is 3.36. The van der Waals surface area contributed by atoms with Gasteiger partial charge in [0.15, 0.2) is 5.69 Å². The molecule has 0 bridgehead atoms. The fourth-order valence-electron chi connectivity index (χ4n) is 4.50. The Morgan fingerprint density at radius 1 is 1.14 bits per heavy atom. The van der Waals surface area contributed by atoms with Gasteiger partial charge in [-0.2, -0.15) is 0 Å². The number of aromatic nitrogens is 3. The quantitative estimate of drug-likeness (QED) is 0.233. The van der Waals surface area contributed by atoms with E-state index in [9.17, 15) is 27.6 Å². The van der Waals surface area contributed by atoms with Gasteiger partial charge in [0.05, 0.1) is 5.69 Å². The lowest BCUT2D eigenvalue weighted by Gasteiger charge is -2.38. The molecule has 1 fully saturated rings. The largest absolute Gasteiger partial charge is 0.478 e. The molecule has 1 aromatic heterocycles. The van der Waals surface area contributed by atoms with Gasteiger partial charge < -0.3 is 25.2 Å². The summed E-state index contributed by atoms with van der Waals surface area (Å²) >= 11 is 0. The van der Waals surface area contributed by atoms with E-state index in [-0.39, 0.29) is 42.2 Å². The normalized spacial score (nSPS) is 16.9. The molecule has 0 unspecified atom stereocenters. The molecule has 2 atom stereocenters. The van der Waals surface area contributed by atoms with Gasteiger partial charge in [0.2, 0.25) is 6.43 Å². The summed E-state index contributed by atoms with van der Waals surface area (Å²) in [6, 6.07) is 5.81. The van der Waals surface area contributed by atoms with E-state index in [0.717, 1.165) is 6.42 Å². The van der Waals surface area contributed by atoms with E-state index in [1.165, 1.54) is 10.7 Å². The SMILES string of the molecule is COCCCCc1c(C(=O)N(CC(C)C)[C@@H]2CNC[C@H](C(F)F)C2)nnn1-c1ccccc1F.O=C(O)C=CC(=O)O. The fourth-order valence-corrected chi connectivity index (χ4v) is 4.50. The number of methoxy groups -OCH3 is 1. The van der Waals surface area contributed by atoms with Gasteiger partial charge >= 0.3 is 11.9 Å². The number of para-hydroxylation sites is 1. The van der Waals surface area contributed by atoms with Crippen LogP contribution in [0.15, 0.2) is 36.4 Å². The Kier molecular flexibility index (Phi) is 14.1. The second-order valence-corrected chi connectivity index (χ2v) is 10.2. The lowest BCUT2D eigenvalue weighted by atomic mass is 9.94. The topological polar surface area (TPSA) is 147 Å². The van der Waals surface area contributed by atoms with Crippen molar-refractivity contribution in [1.29, 1.82) is 0 Å². The van der Waals surface area contributed by atoms with E-state index >= 15 is 0 Å². The van der Waals surface area contributed by atoms with Crippen LogP contribution >= 0.6 is 0 Å². The summed E-state index contributed by atoms with van der Waals surface area (Å²) in [6.07, 6.45) is 0.774. The number of alkyl halides is 2. The number of nitrogens with zero attached hydrogens (tertiary/aromatic N) is 4. The van der Waals surface area contributed by atoms with Gasteiger partial charge in [-0.1, -0.05) is 31.2 Å². The van der Waals surface area contributed by atoms with E-state index in [1.54, 1.807) is 30.2 Å². The molecule has 3 rings (SSSR count). The molecular weight excluding hydrogens is 559 g/mol. The minimum Gasteiger partial charge on any atom is -0.478 e. The number of nitrogens with one attached hydrogen (secondary N) is 1. The smallest absolute Gasteiger partial charge is 0.328 e. The van der Waals surface area contributed by atoms with Gasteiger partial charge in [-0.05, 0) is 43.7 Å². The standard InChI is InChI=1S/C24H34F3N5O2.C4H4O4/c1-16(2)15-31(18-12-17(23(26)27)13-28-14-18)24(33)22-21(10-6-7-11-34-3)32(30-29-22)20-9-5-4-8-19(20)25;5-3(6)1-2-4(7)8/h4-5,8-9,16-18,23,28H,6-7,10-15H2,1-3H3;1-2H,(H,5,6)(H,7,8)/t17-,18+;/m1./s1. The number of rotatable bonds is 13. The first kappa shape index (κ1) is 34.4. The van der Waals surface area contributed by atoms with Crippen molar-refractivity contribution in [2.75, 3.05) is 33.4 Å². The highest BCUT2D eigenvalue weighted by Crippen LogP contribution is 2.25. The average molecular weight is 598 g/mol. The Hall–Kier alpha value is -3.78. The zero-order valence-corrected chi connectivity index (χ0v) is 23.9. The van der Waals surface area contributed by atoms with Gasteiger partial charge in [0.1, 0.15) is 11.5 Å². The van der Waals surface area contributed by atoms with Crippen LogP contribution in [0.3, 0.4) is 0 Å². The maximum Gasteiger partial charge on any atom is 0.328 e. The van der Waals surface area contributed by atoms with Crippen molar-refractivity contribution in [2.45, 2.75) is 52.0 Å². The number of hydrogen-bond donors (Lipinski definition) is 3. The van der Waals surface area contributed by atoms with Gasteiger partial charge in [-0.25, -0.2) is 27.4 Å². The Labute approximate surface area is 242 Å². The third kappa shape index (κ3) is 10.6. The predicted octanol–water partition coefficient (Wildman–Crippen LogP) is 3.43. The van der Waals surface area contributed by atoms with Crippen LogP contribution in [0.1, 0.15) is 49.3 Å². The lowest BCUT2D eigenvalue weighted by Crippen LogP contribution is -2.53. The number of halogens is 3. The molecule has 14 heteroatoms. The molecule has 1 aliphatic heterocycles. The van der Waals surface area contributed by atoms with Gasteiger partial charge in [-0.3, -0.25) is 4.79 Å². The van der Waals surface area contributed by atoms with Crippen molar-refractivity contribution in [1.82, 2.24) is 25.2 Å². The summed E-state index contributed by atoms with van der Waals surface area (Å²) in [7, 11) is 1.62. The van der Waals surface area contributed by atoms with Gasteiger partial charge in [0, 0.05) is 57.5 Å². The molecule has 1 aromatic carbocycles. The minimum atomic E-state index is -2.45. The second-order valence-electron chi connectivity index (χ2n) is 10.2. The number of carboxylic acids is 2. The number of amides is 1. The number of carbonyl (C=O) groups excluding carboxylic acids is 1. The molecule has 232 valence electrons. The number of hydrogen-bond acceptors (Lipinski definition) is 7. The first-order valence-electron chi connectivity index (χ1n) is 13.6. The Morgan fingerprint density at radius 2 is 1.81 bits per heavy atom. The highest BCUT2D eigenvalue weighted by Gasteiger charge is 2.36. The van der Waals surface area contributed by atoms with Crippen molar-refractivity contribution < 1.29 is 42.5 Å². The second kappa shape index (κ2) is 17.2. The summed E-state index contributed by atoms with van der Waals surface area (Å²) in [4.78, 5) is 34.5. The summed E-state index contributed by atoms with van der Waals surface area (Å²) in [5.41, 5.74) is 0.859. The van der Waals surface area contributed by atoms with Crippen LogP contribution in [0.25, 0.3) is 5.69 Å². The van der Waals surface area contributed by atoms with Gasteiger partial charge in [-0.15, -0.1) is 5.10 Å². The molecule has 0 radical (unpaired) electrons. The highest BCUT2D eigenvalue weighted by molar-refractivity contribution is 5.93. The highest BCUT2D eigenvalue weighted by atomic mass is 19.3. The number of unbranched alkanes of at least 4 members (excludes halogenated alkanes) is 1. The molecule has 11 nitrogen and oxygen atoms in total. The van der Waals surface area contributed by atoms with Crippen molar-refractivity contribution in [3.8, 4) is 5.69 Å². The molecule has 42 heavy (non-hydrogen) atoms. The lowest BCUT2D eigenvalue weighted by molar-refractivity contribution is -0.134. The number of piperidine rings is 1. The Balaban J connectivity index is 0.000000675. The van der Waals surface area contributed by atoms with Crippen LogP contribution in [0.2, 0.25) is 0 Å². The monoisotopic (exact) mass is 597 g/mol. The van der Waals surface area contributed by atoms with Crippen molar-refractivity contribution in [3.63, 3.8) is 0 Å². The number of aliphatic carboxylic acids is 2. The zero-order chi connectivity index (χ0) is 31.2. The first-order chi connectivity index (χ1) is 20.0. The predicted molar refractivity (Wildman–Crippen MR) is 147 cm³/mol. The molecular formula is C28H38F3N5O6. The molecule has 2 aromatic rings. The fraction of sp³-hybridized carbons (Fsp3) is 0.536. The molecule has 0 saturated carbocycles. The van der Waals surface area contributed by atoms with E-state index in [4.69, 9.17) is 14.9 Å². The first-order valence-corrected chi connectivity index (χ1v) is 13.6. The summed E-state index contributed by atoms with van der Waals surface area (Å²) < 4.78 is 47.9. The summed E-state index contributed by atoms with van der Waals surface area (Å²) in [6.45, 7) is 5.58. The Morgan fingerprint density at radius 3 is 2.38 bits per heavy atom. The van der Waals surface area contributed by atoms with Crippen LogP contribution in [0, 0.1) is 17.7 Å². The van der Waals surface area contributed by atoms with E-state index in [1.807, 2.05) is 13.8 Å². The molecule has 1 amide bonds. The maximum absolute atomic E-state index is 14.6. The molecule has 2 heterocycles. The number of benzene rings is 1. The number of carboxylic acid groups (broad SMARTS) is 2. The molecule has 1 aliphatic rings. The third-order valence-corrected chi connectivity index (χ3v) is 6.41. The number of carbonyl (C=O) groups is 3. The van der Waals surface area contributed by atoms with Crippen LogP contribution in [0.4, 0.5) is 13.2 Å². The minimum absolute atomic E-state index is 0.127.